The topological polar surface area (TPSA) is 43.1 Å². The third-order valence-electron chi connectivity index (χ3n) is 2.34. The van der Waals surface area contributed by atoms with Crippen molar-refractivity contribution in [1.82, 2.24) is 0 Å². The highest BCUT2D eigenvalue weighted by Crippen LogP contribution is 2.36. The first-order valence-electron chi connectivity index (χ1n) is 5.05. The number of nitrogens with two attached hydrogens (primary N) is 1. The summed E-state index contributed by atoms with van der Waals surface area (Å²) in [6.07, 6.45) is -4.54. The minimum absolute atomic E-state index is 0.0766. The van der Waals surface area contributed by atoms with Crippen molar-refractivity contribution in [3.63, 3.8) is 0 Å². The number of carbonyl (C=O) groups excluding carboxylic acids is 1. The highest BCUT2D eigenvalue weighted by atomic mass is 19.4. The zero-order chi connectivity index (χ0) is 13.4. The molecular weight excluding hydrogens is 231 g/mol. The van der Waals surface area contributed by atoms with Crippen LogP contribution in [0.4, 0.5) is 18.9 Å². The number of hydrogen-bond acceptors (Lipinski definition) is 2. The Bertz CT molecular complexity index is 444. The molecule has 2 N–H and O–H groups in total. The normalized spacial score (nSPS) is 12.6. The number of hydrogen-bond donors (Lipinski definition) is 1. The summed E-state index contributed by atoms with van der Waals surface area (Å²) in [7, 11) is 0. The molecule has 0 aliphatic carbocycles. The number of Topliss-reactive ketones (excluding diaryl/α,β-unsaturated/α-hetero) is 1. The van der Waals surface area contributed by atoms with E-state index in [1.165, 1.54) is 12.1 Å². The van der Waals surface area contributed by atoms with Gasteiger partial charge in [0.2, 0.25) is 0 Å². The second kappa shape index (κ2) is 4.05. The first-order valence-corrected chi connectivity index (χ1v) is 5.05. The second-order valence-corrected chi connectivity index (χ2v) is 4.84. The van der Waals surface area contributed by atoms with Gasteiger partial charge in [0.1, 0.15) is 0 Å². The first-order chi connectivity index (χ1) is 7.55. The van der Waals surface area contributed by atoms with E-state index in [-0.39, 0.29) is 5.56 Å². The van der Waals surface area contributed by atoms with E-state index in [9.17, 15) is 18.0 Å². The Morgan fingerprint density at radius 1 is 1.18 bits per heavy atom. The van der Waals surface area contributed by atoms with Crippen molar-refractivity contribution in [3.05, 3.63) is 29.3 Å². The number of benzene rings is 1. The second-order valence-electron chi connectivity index (χ2n) is 4.84. The number of halogens is 3. The molecular formula is C12H14F3NO. The van der Waals surface area contributed by atoms with Crippen molar-refractivity contribution >= 4 is 11.5 Å². The van der Waals surface area contributed by atoms with Gasteiger partial charge in [0.05, 0.1) is 11.3 Å². The maximum atomic E-state index is 12.6. The summed E-state index contributed by atoms with van der Waals surface area (Å²) in [5.74, 6) is -0.402. The van der Waals surface area contributed by atoms with Gasteiger partial charge in [-0.1, -0.05) is 26.8 Å². The van der Waals surface area contributed by atoms with Gasteiger partial charge in [0.15, 0.2) is 5.78 Å². The Balaban J connectivity index is 3.35. The van der Waals surface area contributed by atoms with E-state index in [1.807, 2.05) is 0 Å². The van der Waals surface area contributed by atoms with E-state index >= 15 is 0 Å². The molecule has 94 valence electrons. The lowest BCUT2D eigenvalue weighted by Gasteiger charge is -2.19. The van der Waals surface area contributed by atoms with Crippen LogP contribution in [0.25, 0.3) is 0 Å². The lowest BCUT2D eigenvalue weighted by molar-refractivity contribution is -0.136. The predicted octanol–water partition coefficient (Wildman–Crippen LogP) is 3.52. The molecule has 0 aliphatic rings. The third-order valence-corrected chi connectivity index (χ3v) is 2.34. The van der Waals surface area contributed by atoms with E-state index in [4.69, 9.17) is 5.73 Å². The number of anilines is 1. The lowest BCUT2D eigenvalue weighted by Crippen LogP contribution is -2.23. The largest absolute Gasteiger partial charge is 0.418 e. The van der Waals surface area contributed by atoms with Crippen LogP contribution in [0.3, 0.4) is 0 Å². The van der Waals surface area contributed by atoms with Crippen molar-refractivity contribution < 1.29 is 18.0 Å². The zero-order valence-corrected chi connectivity index (χ0v) is 9.85. The van der Waals surface area contributed by atoms with Crippen LogP contribution in [0.1, 0.15) is 36.7 Å². The number of nitrogen functional groups attached to an aromatic ring is 1. The van der Waals surface area contributed by atoms with Gasteiger partial charge in [0.25, 0.3) is 0 Å². The summed E-state index contributed by atoms with van der Waals surface area (Å²) in [6.45, 7) is 4.90. The van der Waals surface area contributed by atoms with Crippen LogP contribution in [-0.2, 0) is 6.18 Å². The van der Waals surface area contributed by atoms with Crippen LogP contribution in [0.15, 0.2) is 18.2 Å². The number of carbonyl (C=O) groups is 1. The molecule has 0 heterocycles. The van der Waals surface area contributed by atoms with Gasteiger partial charge < -0.3 is 5.73 Å². The molecule has 0 amide bonds. The van der Waals surface area contributed by atoms with Crippen molar-refractivity contribution in [2.75, 3.05) is 5.73 Å². The maximum absolute atomic E-state index is 12.6. The van der Waals surface area contributed by atoms with Gasteiger partial charge in [-0.05, 0) is 12.1 Å². The number of alkyl halides is 3. The Kier molecular flexibility index (Phi) is 3.23. The SMILES string of the molecule is CC(C)(C)C(=O)c1cccc(C(F)(F)F)c1N. The molecule has 1 aromatic rings. The van der Waals surface area contributed by atoms with Crippen molar-refractivity contribution in [3.8, 4) is 0 Å². The van der Waals surface area contributed by atoms with Crippen molar-refractivity contribution in [2.24, 2.45) is 5.41 Å². The van der Waals surface area contributed by atoms with Gasteiger partial charge in [-0.2, -0.15) is 13.2 Å². The van der Waals surface area contributed by atoms with Gasteiger partial charge in [-0.25, -0.2) is 0 Å². The maximum Gasteiger partial charge on any atom is 0.418 e. The fourth-order valence-electron chi connectivity index (χ4n) is 1.41. The molecule has 0 fully saturated rings. The molecule has 0 aliphatic heterocycles. The van der Waals surface area contributed by atoms with Crippen LogP contribution in [0, 0.1) is 5.41 Å². The lowest BCUT2D eigenvalue weighted by atomic mass is 9.85. The minimum Gasteiger partial charge on any atom is -0.398 e. The van der Waals surface area contributed by atoms with Crippen LogP contribution < -0.4 is 5.73 Å². The molecule has 0 bridgehead atoms. The standard InChI is InChI=1S/C12H14F3NO/c1-11(2,3)10(17)7-5-4-6-8(9(7)16)12(13,14)15/h4-6H,16H2,1-3H3. The van der Waals surface area contributed by atoms with Crippen LogP contribution >= 0.6 is 0 Å². The highest BCUT2D eigenvalue weighted by Gasteiger charge is 2.35. The molecule has 17 heavy (non-hydrogen) atoms. The zero-order valence-electron chi connectivity index (χ0n) is 9.85. The smallest absolute Gasteiger partial charge is 0.398 e. The molecule has 5 heteroatoms. The summed E-state index contributed by atoms with van der Waals surface area (Å²) in [5.41, 5.74) is 3.12. The summed E-state index contributed by atoms with van der Waals surface area (Å²) in [4.78, 5) is 11.9. The highest BCUT2D eigenvalue weighted by molar-refractivity contribution is 6.04. The average molecular weight is 245 g/mol. The van der Waals surface area contributed by atoms with E-state index in [1.54, 1.807) is 20.8 Å². The fraction of sp³-hybridized carbons (Fsp3) is 0.417. The summed E-state index contributed by atoms with van der Waals surface area (Å²) in [5, 5.41) is 0. The molecule has 0 unspecified atom stereocenters. The summed E-state index contributed by atoms with van der Waals surface area (Å²) < 4.78 is 37.8. The average Bonchev–Trinajstić information content (AvgIpc) is 2.13. The Labute approximate surface area is 97.6 Å². The molecule has 0 aromatic heterocycles. The number of ketones is 1. The van der Waals surface area contributed by atoms with Crippen LogP contribution in [0.2, 0.25) is 0 Å². The molecule has 1 aromatic carbocycles. The van der Waals surface area contributed by atoms with Gasteiger partial charge in [-0.3, -0.25) is 4.79 Å². The van der Waals surface area contributed by atoms with Crippen LogP contribution in [0.5, 0.6) is 0 Å². The molecule has 0 atom stereocenters. The Morgan fingerprint density at radius 2 is 1.71 bits per heavy atom. The Morgan fingerprint density at radius 3 is 2.12 bits per heavy atom. The first kappa shape index (κ1) is 13.5. The summed E-state index contributed by atoms with van der Waals surface area (Å²) in [6, 6.07) is 3.38. The molecule has 0 radical (unpaired) electrons. The Hall–Kier alpha value is -1.52. The van der Waals surface area contributed by atoms with E-state index in [0.717, 1.165) is 6.07 Å². The monoisotopic (exact) mass is 245 g/mol. The van der Waals surface area contributed by atoms with Gasteiger partial charge >= 0.3 is 6.18 Å². The third kappa shape index (κ3) is 2.78. The predicted molar refractivity (Wildman–Crippen MR) is 59.6 cm³/mol. The van der Waals surface area contributed by atoms with Gasteiger partial charge in [-0.15, -0.1) is 0 Å². The molecule has 0 saturated carbocycles. The van der Waals surface area contributed by atoms with E-state index in [0.29, 0.717) is 0 Å². The van der Waals surface area contributed by atoms with Crippen molar-refractivity contribution in [2.45, 2.75) is 26.9 Å². The fourth-order valence-corrected chi connectivity index (χ4v) is 1.41. The van der Waals surface area contributed by atoms with E-state index < -0.39 is 28.6 Å². The minimum atomic E-state index is -4.54. The number of para-hydroxylation sites is 1. The van der Waals surface area contributed by atoms with Gasteiger partial charge in [0, 0.05) is 11.0 Å². The molecule has 0 spiro atoms. The summed E-state index contributed by atoms with van der Waals surface area (Å²) >= 11 is 0. The van der Waals surface area contributed by atoms with E-state index in [2.05, 4.69) is 0 Å². The molecule has 1 rings (SSSR count). The molecule has 2 nitrogen and oxygen atoms in total. The van der Waals surface area contributed by atoms with Crippen LogP contribution in [-0.4, -0.2) is 5.78 Å². The molecule has 0 saturated heterocycles. The van der Waals surface area contributed by atoms with Crippen molar-refractivity contribution in [1.29, 1.82) is 0 Å². The number of rotatable bonds is 1. The quantitative estimate of drug-likeness (QED) is 0.607.